The van der Waals surface area contributed by atoms with Gasteiger partial charge in [0.2, 0.25) is 0 Å². The van der Waals surface area contributed by atoms with Gasteiger partial charge in [0.15, 0.2) is 0 Å². The molecule has 0 aliphatic heterocycles. The molecule has 2 aliphatic carbocycles. The van der Waals surface area contributed by atoms with Crippen LogP contribution in [0.1, 0.15) is 73.6 Å². The first kappa shape index (κ1) is 24.7. The molecule has 3 unspecified atom stereocenters. The standard InChI is InChI=1S/C16H24OSe.C10H18O/c1-12(2)13-9-10-16(3,17)15(11-13)18-14-7-5-4-6-8-14;1-8(2)9-4-6-10(3,11)7-5-9/h4-8,12-13,15,17H,9-11H2,1-3H3;4,6,8-9,11H,5,7H2,1-3H3/t13-,15?,16?;9-,10?/m10/s1. The van der Waals surface area contributed by atoms with E-state index in [1.807, 2.05) is 19.9 Å². The monoisotopic (exact) mass is 466 g/mol. The third-order valence-electron chi connectivity index (χ3n) is 6.74. The van der Waals surface area contributed by atoms with Gasteiger partial charge in [0.05, 0.1) is 5.60 Å². The van der Waals surface area contributed by atoms with Crippen LogP contribution in [0.2, 0.25) is 4.82 Å². The largest absolute Gasteiger partial charge is 0.386 e. The zero-order valence-corrected chi connectivity index (χ0v) is 21.0. The van der Waals surface area contributed by atoms with Gasteiger partial charge >= 0.3 is 117 Å². The zero-order chi connectivity index (χ0) is 21.7. The summed E-state index contributed by atoms with van der Waals surface area (Å²) in [6.07, 6.45) is 9.49. The van der Waals surface area contributed by atoms with Gasteiger partial charge in [-0.15, -0.1) is 0 Å². The van der Waals surface area contributed by atoms with Crippen molar-refractivity contribution in [2.45, 2.75) is 89.7 Å². The summed E-state index contributed by atoms with van der Waals surface area (Å²) < 4.78 is 1.42. The molecule has 0 aromatic heterocycles. The number of rotatable bonds is 4. The summed E-state index contributed by atoms with van der Waals surface area (Å²) in [7, 11) is 0. The number of benzene rings is 1. The Labute approximate surface area is 185 Å². The average molecular weight is 466 g/mol. The van der Waals surface area contributed by atoms with Gasteiger partial charge in [0.1, 0.15) is 0 Å². The van der Waals surface area contributed by atoms with Crippen molar-refractivity contribution in [1.29, 1.82) is 0 Å². The maximum atomic E-state index is 10.6. The second-order valence-electron chi connectivity index (χ2n) is 10.2. The fourth-order valence-electron chi connectivity index (χ4n) is 4.25. The molecule has 3 heteroatoms. The Morgan fingerprint density at radius 2 is 1.59 bits per heavy atom. The molecule has 1 saturated carbocycles. The molecule has 0 heterocycles. The summed E-state index contributed by atoms with van der Waals surface area (Å²) in [5.74, 6) is 2.92. The molecule has 0 radical (unpaired) electrons. The van der Waals surface area contributed by atoms with Crippen molar-refractivity contribution in [3.8, 4) is 0 Å². The molecule has 1 aromatic rings. The summed E-state index contributed by atoms with van der Waals surface area (Å²) in [5, 5.41) is 20.2. The van der Waals surface area contributed by atoms with Crippen LogP contribution in [0.3, 0.4) is 0 Å². The maximum absolute atomic E-state index is 10.6. The van der Waals surface area contributed by atoms with Crippen molar-refractivity contribution in [2.75, 3.05) is 0 Å². The summed E-state index contributed by atoms with van der Waals surface area (Å²) in [6.45, 7) is 13.0. The molecule has 2 aliphatic rings. The first-order chi connectivity index (χ1) is 13.5. The third-order valence-corrected chi connectivity index (χ3v) is 9.95. The van der Waals surface area contributed by atoms with Crippen LogP contribution in [0, 0.1) is 23.7 Å². The predicted octanol–water partition coefficient (Wildman–Crippen LogP) is 5.37. The number of aliphatic hydroxyl groups is 2. The van der Waals surface area contributed by atoms with E-state index in [4.69, 9.17) is 0 Å². The second kappa shape index (κ2) is 10.6. The smallest absolute Gasteiger partial charge is 0.0800 e. The molecule has 2 nitrogen and oxygen atoms in total. The molecule has 2 N–H and O–H groups in total. The zero-order valence-electron chi connectivity index (χ0n) is 19.3. The first-order valence-corrected chi connectivity index (χ1v) is 13.2. The van der Waals surface area contributed by atoms with Crippen molar-refractivity contribution in [3.63, 3.8) is 0 Å². The molecule has 1 aromatic carbocycles. The van der Waals surface area contributed by atoms with E-state index >= 15 is 0 Å². The fraction of sp³-hybridized carbons (Fsp3) is 0.692. The number of allylic oxidation sites excluding steroid dienone is 1. The van der Waals surface area contributed by atoms with Gasteiger partial charge in [-0.3, -0.25) is 0 Å². The van der Waals surface area contributed by atoms with Crippen molar-refractivity contribution in [1.82, 2.24) is 0 Å². The molecule has 0 saturated heterocycles. The normalized spacial score (nSPS) is 34.8. The summed E-state index contributed by atoms with van der Waals surface area (Å²) in [4.78, 5) is 0.466. The Morgan fingerprint density at radius 3 is 2.10 bits per heavy atom. The van der Waals surface area contributed by atoms with E-state index in [0.29, 0.717) is 31.6 Å². The summed E-state index contributed by atoms with van der Waals surface area (Å²) in [6, 6.07) is 10.7. The van der Waals surface area contributed by atoms with Crippen LogP contribution in [-0.2, 0) is 0 Å². The minimum Gasteiger partial charge on any atom is -0.386 e. The third kappa shape index (κ3) is 7.87. The van der Waals surface area contributed by atoms with Crippen LogP contribution >= 0.6 is 0 Å². The van der Waals surface area contributed by atoms with Gasteiger partial charge in [-0.25, -0.2) is 0 Å². The van der Waals surface area contributed by atoms with E-state index in [0.717, 1.165) is 31.1 Å². The van der Waals surface area contributed by atoms with E-state index in [1.165, 1.54) is 17.3 Å². The number of hydrogen-bond donors (Lipinski definition) is 2. The van der Waals surface area contributed by atoms with Gasteiger partial charge in [0, 0.05) is 0 Å². The minimum atomic E-state index is -0.536. The second-order valence-corrected chi connectivity index (χ2v) is 12.9. The minimum absolute atomic E-state index is 0.387. The Kier molecular flexibility index (Phi) is 9.04. The Bertz CT molecular complexity index is 633. The molecule has 164 valence electrons. The van der Waals surface area contributed by atoms with Crippen LogP contribution in [-0.4, -0.2) is 36.4 Å². The molecule has 1 fully saturated rings. The molecule has 0 amide bonds. The number of hydrogen-bond acceptors (Lipinski definition) is 2. The van der Waals surface area contributed by atoms with Gasteiger partial charge in [-0.1, -0.05) is 26.0 Å². The van der Waals surface area contributed by atoms with Crippen LogP contribution in [0.15, 0.2) is 42.5 Å². The molecule has 29 heavy (non-hydrogen) atoms. The van der Waals surface area contributed by atoms with Gasteiger partial charge < -0.3 is 5.11 Å². The SMILES string of the molecule is CC(C)[C@@H]1CCC(C)(O)C([Se]c2ccccc2)C1.CC(C)[C@H]1C=CC(C)(O)CC1. The molecule has 0 spiro atoms. The van der Waals surface area contributed by atoms with Crippen molar-refractivity contribution in [2.24, 2.45) is 23.7 Å². The predicted molar refractivity (Wildman–Crippen MR) is 126 cm³/mol. The van der Waals surface area contributed by atoms with E-state index in [-0.39, 0.29) is 0 Å². The van der Waals surface area contributed by atoms with Crippen molar-refractivity contribution >= 4 is 19.4 Å². The molecule has 3 rings (SSSR count). The van der Waals surface area contributed by atoms with E-state index in [9.17, 15) is 10.2 Å². The van der Waals surface area contributed by atoms with Crippen LogP contribution < -0.4 is 4.46 Å². The first-order valence-electron chi connectivity index (χ1n) is 11.4. The molecular weight excluding hydrogens is 423 g/mol. The summed E-state index contributed by atoms with van der Waals surface area (Å²) in [5.41, 5.74) is -0.993. The Hall–Kier alpha value is -0.601. The maximum Gasteiger partial charge on any atom is 0.0800 e. The van der Waals surface area contributed by atoms with Crippen LogP contribution in [0.5, 0.6) is 0 Å². The van der Waals surface area contributed by atoms with Crippen molar-refractivity contribution < 1.29 is 10.2 Å². The molecule has 5 atom stereocenters. The van der Waals surface area contributed by atoms with Gasteiger partial charge in [-0.2, -0.15) is 0 Å². The van der Waals surface area contributed by atoms with E-state index in [1.54, 1.807) is 0 Å². The fourth-order valence-corrected chi connectivity index (χ4v) is 7.10. The quantitative estimate of drug-likeness (QED) is 0.464. The van der Waals surface area contributed by atoms with Crippen molar-refractivity contribution in [3.05, 3.63) is 42.5 Å². The van der Waals surface area contributed by atoms with E-state index in [2.05, 4.69) is 64.1 Å². The van der Waals surface area contributed by atoms with E-state index < -0.39 is 11.2 Å². The van der Waals surface area contributed by atoms with Gasteiger partial charge in [-0.05, 0) is 31.6 Å². The average Bonchev–Trinajstić information content (AvgIpc) is 2.64. The Balaban J connectivity index is 0.000000234. The topological polar surface area (TPSA) is 40.5 Å². The van der Waals surface area contributed by atoms with Crippen LogP contribution in [0.4, 0.5) is 0 Å². The molecular formula is C26H42O2Se. The van der Waals surface area contributed by atoms with Crippen LogP contribution in [0.25, 0.3) is 0 Å². The summed E-state index contributed by atoms with van der Waals surface area (Å²) >= 11 is 0.387. The Morgan fingerprint density at radius 1 is 0.931 bits per heavy atom. The van der Waals surface area contributed by atoms with Gasteiger partial charge in [0.25, 0.3) is 0 Å². The molecule has 0 bridgehead atoms.